The van der Waals surface area contributed by atoms with Crippen LogP contribution in [0.4, 0.5) is 0 Å². The van der Waals surface area contributed by atoms with Crippen molar-refractivity contribution in [2.75, 3.05) is 13.1 Å². The quantitative estimate of drug-likeness (QED) is 0.558. The van der Waals surface area contributed by atoms with Crippen LogP contribution in [0.15, 0.2) is 0 Å². The highest BCUT2D eigenvalue weighted by molar-refractivity contribution is 7.89. The van der Waals surface area contributed by atoms with E-state index in [1.54, 1.807) is 0 Å². The van der Waals surface area contributed by atoms with Gasteiger partial charge in [-0.25, -0.2) is 8.42 Å². The molecule has 0 unspecified atom stereocenters. The van der Waals surface area contributed by atoms with Crippen LogP contribution < -0.4 is 5.73 Å². The first-order valence-electron chi connectivity index (χ1n) is 6.30. The molecule has 1 saturated carbocycles. The van der Waals surface area contributed by atoms with Crippen molar-refractivity contribution in [2.24, 2.45) is 5.73 Å². The Balaban J connectivity index is 2.78. The average Bonchev–Trinajstić information content (AvgIpc) is 2.29. The van der Waals surface area contributed by atoms with Crippen LogP contribution in [0.2, 0.25) is 0 Å². The van der Waals surface area contributed by atoms with Crippen molar-refractivity contribution < 1.29 is 8.42 Å². The first kappa shape index (κ1) is 14.4. The molecule has 6 heteroatoms. The van der Waals surface area contributed by atoms with Crippen molar-refractivity contribution in [1.82, 2.24) is 4.31 Å². The Morgan fingerprint density at radius 3 is 2.41 bits per heavy atom. The molecule has 0 heterocycles. The van der Waals surface area contributed by atoms with Crippen LogP contribution in [-0.4, -0.2) is 36.9 Å². The smallest absolute Gasteiger partial charge is 0.217 e. The summed E-state index contributed by atoms with van der Waals surface area (Å²) in [5.41, 5.74) is 5.33. The van der Waals surface area contributed by atoms with Gasteiger partial charge in [0.1, 0.15) is 5.84 Å². The van der Waals surface area contributed by atoms with Gasteiger partial charge in [0.05, 0.1) is 11.8 Å². The summed E-state index contributed by atoms with van der Waals surface area (Å²) in [5.74, 6) is -0.0853. The number of hydrogen-bond donors (Lipinski definition) is 2. The number of amidine groups is 1. The van der Waals surface area contributed by atoms with E-state index in [9.17, 15) is 8.42 Å². The van der Waals surface area contributed by atoms with Crippen molar-refractivity contribution in [3.63, 3.8) is 0 Å². The zero-order valence-electron chi connectivity index (χ0n) is 10.5. The molecule has 0 aromatic rings. The molecular weight excluding hydrogens is 238 g/mol. The Bertz CT molecular complexity index is 348. The highest BCUT2D eigenvalue weighted by Crippen LogP contribution is 2.26. The van der Waals surface area contributed by atoms with E-state index in [1.165, 1.54) is 4.31 Å². The van der Waals surface area contributed by atoms with Crippen LogP contribution in [0.1, 0.15) is 45.4 Å². The van der Waals surface area contributed by atoms with Gasteiger partial charge >= 0.3 is 0 Å². The molecule has 1 aliphatic carbocycles. The van der Waals surface area contributed by atoms with Crippen LogP contribution in [0.3, 0.4) is 0 Å². The van der Waals surface area contributed by atoms with E-state index in [0.29, 0.717) is 6.54 Å². The SMILES string of the molecule is CCCN(CC(=N)N)S(=O)(=O)C1CCCCC1. The number of nitrogens with one attached hydrogen (secondary N) is 1. The van der Waals surface area contributed by atoms with Gasteiger partial charge in [0.15, 0.2) is 0 Å². The monoisotopic (exact) mass is 261 g/mol. The van der Waals surface area contributed by atoms with Gasteiger partial charge in [-0.05, 0) is 19.3 Å². The summed E-state index contributed by atoms with van der Waals surface area (Å²) in [6.07, 6.45) is 5.36. The van der Waals surface area contributed by atoms with E-state index in [4.69, 9.17) is 11.1 Å². The van der Waals surface area contributed by atoms with Gasteiger partial charge in [0, 0.05) is 6.54 Å². The maximum Gasteiger partial charge on any atom is 0.217 e. The fourth-order valence-corrected chi connectivity index (χ4v) is 4.42. The second-order valence-corrected chi connectivity index (χ2v) is 6.88. The minimum atomic E-state index is -3.27. The second-order valence-electron chi connectivity index (χ2n) is 4.66. The predicted molar refractivity (Wildman–Crippen MR) is 69.6 cm³/mol. The maximum absolute atomic E-state index is 12.4. The predicted octanol–water partition coefficient (Wildman–Crippen LogP) is 1.30. The number of rotatable bonds is 6. The Morgan fingerprint density at radius 1 is 1.35 bits per heavy atom. The molecule has 1 aliphatic rings. The van der Waals surface area contributed by atoms with Gasteiger partial charge in [0.25, 0.3) is 0 Å². The molecule has 0 amide bonds. The van der Waals surface area contributed by atoms with Crippen LogP contribution in [-0.2, 0) is 10.0 Å². The zero-order chi connectivity index (χ0) is 12.9. The molecule has 5 nitrogen and oxygen atoms in total. The van der Waals surface area contributed by atoms with Crippen molar-refractivity contribution in [2.45, 2.75) is 50.7 Å². The molecular formula is C11H23N3O2S. The molecule has 0 aliphatic heterocycles. The molecule has 100 valence electrons. The van der Waals surface area contributed by atoms with E-state index < -0.39 is 10.0 Å². The van der Waals surface area contributed by atoms with Gasteiger partial charge < -0.3 is 5.73 Å². The van der Waals surface area contributed by atoms with Crippen LogP contribution in [0.25, 0.3) is 0 Å². The third-order valence-electron chi connectivity index (χ3n) is 3.15. The van der Waals surface area contributed by atoms with Gasteiger partial charge in [0.2, 0.25) is 10.0 Å². The normalized spacial score (nSPS) is 18.5. The standard InChI is InChI=1S/C11H23N3O2S/c1-2-8-14(9-11(12)13)17(15,16)10-6-4-3-5-7-10/h10H,2-9H2,1H3,(H3,12,13). The summed E-state index contributed by atoms with van der Waals surface area (Å²) in [6.45, 7) is 2.43. The Morgan fingerprint density at radius 2 is 1.94 bits per heavy atom. The van der Waals surface area contributed by atoms with Gasteiger partial charge in [-0.1, -0.05) is 26.2 Å². The van der Waals surface area contributed by atoms with Crippen molar-refractivity contribution in [1.29, 1.82) is 5.41 Å². The Hall–Kier alpha value is -0.620. The van der Waals surface area contributed by atoms with Gasteiger partial charge in [-0.15, -0.1) is 0 Å². The molecule has 0 atom stereocenters. The number of nitrogens with two attached hydrogens (primary N) is 1. The summed E-state index contributed by atoms with van der Waals surface area (Å²) >= 11 is 0. The molecule has 0 aromatic carbocycles. The second kappa shape index (κ2) is 6.35. The largest absolute Gasteiger partial charge is 0.387 e. The van der Waals surface area contributed by atoms with Crippen molar-refractivity contribution in [3.8, 4) is 0 Å². The Kier molecular flexibility index (Phi) is 5.39. The zero-order valence-corrected chi connectivity index (χ0v) is 11.3. The first-order chi connectivity index (χ1) is 7.98. The summed E-state index contributed by atoms with van der Waals surface area (Å²) in [7, 11) is -3.27. The molecule has 0 spiro atoms. The van der Waals surface area contributed by atoms with E-state index in [2.05, 4.69) is 0 Å². The lowest BCUT2D eigenvalue weighted by molar-refractivity contribution is 0.412. The minimum absolute atomic E-state index is 0.0344. The fourth-order valence-electron chi connectivity index (χ4n) is 2.31. The number of nitrogens with zero attached hydrogens (tertiary/aromatic N) is 1. The van der Waals surface area contributed by atoms with Crippen LogP contribution in [0.5, 0.6) is 0 Å². The molecule has 1 rings (SSSR count). The first-order valence-corrected chi connectivity index (χ1v) is 7.80. The van der Waals surface area contributed by atoms with Gasteiger partial charge in [-0.3, -0.25) is 5.41 Å². The van der Waals surface area contributed by atoms with Crippen LogP contribution >= 0.6 is 0 Å². The fraction of sp³-hybridized carbons (Fsp3) is 0.909. The molecule has 0 bridgehead atoms. The average molecular weight is 261 g/mol. The van der Waals surface area contributed by atoms with Gasteiger partial charge in [-0.2, -0.15) is 4.31 Å². The molecule has 17 heavy (non-hydrogen) atoms. The number of hydrogen-bond acceptors (Lipinski definition) is 3. The summed E-state index contributed by atoms with van der Waals surface area (Å²) in [5, 5.41) is 7.01. The highest BCUT2D eigenvalue weighted by atomic mass is 32.2. The van der Waals surface area contributed by atoms with Crippen LogP contribution in [0, 0.1) is 5.41 Å². The van der Waals surface area contributed by atoms with E-state index in [-0.39, 0.29) is 17.6 Å². The topological polar surface area (TPSA) is 87.2 Å². The van der Waals surface area contributed by atoms with Crippen molar-refractivity contribution >= 4 is 15.9 Å². The molecule has 3 N–H and O–H groups in total. The summed E-state index contributed by atoms with van der Waals surface area (Å²) < 4.78 is 26.2. The molecule has 1 fully saturated rings. The number of sulfonamides is 1. The highest BCUT2D eigenvalue weighted by Gasteiger charge is 2.32. The minimum Gasteiger partial charge on any atom is -0.387 e. The summed E-state index contributed by atoms with van der Waals surface area (Å²) in [4.78, 5) is 0. The lowest BCUT2D eigenvalue weighted by atomic mass is 10.0. The van der Waals surface area contributed by atoms with E-state index in [1.807, 2.05) is 6.92 Å². The van der Waals surface area contributed by atoms with E-state index in [0.717, 1.165) is 38.5 Å². The molecule has 0 aromatic heterocycles. The van der Waals surface area contributed by atoms with Crippen molar-refractivity contribution in [3.05, 3.63) is 0 Å². The lowest BCUT2D eigenvalue weighted by Crippen LogP contribution is -2.44. The third kappa shape index (κ3) is 3.96. The molecule has 0 radical (unpaired) electrons. The third-order valence-corrected chi connectivity index (χ3v) is 5.50. The lowest BCUT2D eigenvalue weighted by Gasteiger charge is -2.29. The van der Waals surface area contributed by atoms with E-state index >= 15 is 0 Å². The molecule has 0 saturated heterocycles. The maximum atomic E-state index is 12.4. The Labute approximate surface area is 104 Å². The summed E-state index contributed by atoms with van der Waals surface area (Å²) in [6, 6.07) is 0.